The zero-order valence-electron chi connectivity index (χ0n) is 23.0. The summed E-state index contributed by atoms with van der Waals surface area (Å²) in [6.07, 6.45) is 6.89. The molecule has 1 aromatic carbocycles. The van der Waals surface area contributed by atoms with Gasteiger partial charge in [-0.05, 0) is 74.5 Å². The fourth-order valence-electron chi connectivity index (χ4n) is 6.50. The number of aromatic amines is 2. The minimum atomic E-state index is 0.290. The largest absolute Gasteiger partial charge is 0.354 e. The van der Waals surface area contributed by atoms with E-state index >= 15 is 0 Å². The number of hydrogen-bond acceptors (Lipinski definition) is 5. The number of nitrogens with zero attached hydrogens (tertiary/aromatic N) is 5. The summed E-state index contributed by atoms with van der Waals surface area (Å²) < 4.78 is 0. The highest BCUT2D eigenvalue weighted by Gasteiger charge is 2.29. The number of carbonyl (C=O) groups is 1. The van der Waals surface area contributed by atoms with Gasteiger partial charge in [0.05, 0.1) is 18.4 Å². The van der Waals surface area contributed by atoms with Crippen molar-refractivity contribution in [3.8, 4) is 11.3 Å². The second-order valence-electron chi connectivity index (χ2n) is 11.7. The van der Waals surface area contributed by atoms with Crippen molar-refractivity contribution in [2.24, 2.45) is 0 Å². The zero-order chi connectivity index (χ0) is 26.4. The maximum Gasteiger partial charge on any atom is 0.236 e. The molecule has 6 rings (SSSR count). The van der Waals surface area contributed by atoms with Crippen LogP contribution in [0.25, 0.3) is 33.2 Å². The van der Waals surface area contributed by atoms with Crippen LogP contribution in [0.3, 0.4) is 0 Å². The third kappa shape index (κ3) is 4.60. The molecule has 38 heavy (non-hydrogen) atoms. The van der Waals surface area contributed by atoms with Crippen molar-refractivity contribution in [3.63, 3.8) is 0 Å². The lowest BCUT2D eigenvalue weighted by molar-refractivity contribution is -0.133. The number of aromatic nitrogens is 4. The number of amides is 1. The number of likely N-dealkylation sites (N-methyl/N-ethyl adjacent to an activating group) is 1. The fraction of sp³-hybridized carbons (Fsp3) is 0.500. The molecule has 3 aromatic heterocycles. The van der Waals surface area contributed by atoms with Crippen molar-refractivity contribution < 1.29 is 4.79 Å². The number of H-pyrrole nitrogens is 2. The molecule has 0 unspecified atom stereocenters. The predicted octanol–water partition coefficient (Wildman–Crippen LogP) is 4.57. The minimum absolute atomic E-state index is 0.290. The molecular weight excluding hydrogens is 474 g/mol. The lowest BCUT2D eigenvalue weighted by atomic mass is 9.87. The summed E-state index contributed by atoms with van der Waals surface area (Å²) in [4.78, 5) is 27.9. The third-order valence-electron chi connectivity index (χ3n) is 8.72. The van der Waals surface area contributed by atoms with Crippen LogP contribution < -0.4 is 0 Å². The van der Waals surface area contributed by atoms with E-state index in [1.54, 1.807) is 0 Å². The van der Waals surface area contributed by atoms with Crippen molar-refractivity contribution >= 4 is 27.8 Å². The first kappa shape index (κ1) is 25.1. The molecule has 200 valence electrons. The Balaban J connectivity index is 1.19. The molecule has 2 saturated heterocycles. The maximum atomic E-state index is 13.0. The Morgan fingerprint density at radius 3 is 2.66 bits per heavy atom. The lowest BCUT2D eigenvalue weighted by Gasteiger charge is -2.33. The summed E-state index contributed by atoms with van der Waals surface area (Å²) in [5.74, 6) is 1.13. The molecular formula is C30H39N7O. The Morgan fingerprint density at radius 2 is 1.92 bits per heavy atom. The van der Waals surface area contributed by atoms with E-state index < -0.39 is 0 Å². The fourth-order valence-corrected chi connectivity index (χ4v) is 6.50. The number of likely N-dealkylation sites (tertiary alicyclic amines) is 2. The average Bonchev–Trinajstić information content (AvgIpc) is 3.66. The van der Waals surface area contributed by atoms with Crippen LogP contribution in [0.2, 0.25) is 0 Å². The van der Waals surface area contributed by atoms with Crippen molar-refractivity contribution in [2.45, 2.75) is 51.0 Å². The molecule has 5 heterocycles. The maximum absolute atomic E-state index is 13.0. The number of fused-ring (bicyclic) bond motifs is 2. The molecule has 0 bridgehead atoms. The van der Waals surface area contributed by atoms with Crippen LogP contribution in [0.4, 0.5) is 0 Å². The molecule has 2 aliphatic rings. The third-order valence-corrected chi connectivity index (χ3v) is 8.72. The number of nitrogens with one attached hydrogen (secondary N) is 2. The highest BCUT2D eigenvalue weighted by Crippen LogP contribution is 2.39. The predicted molar refractivity (Wildman–Crippen MR) is 152 cm³/mol. The van der Waals surface area contributed by atoms with Gasteiger partial charge in [0.2, 0.25) is 5.91 Å². The first-order valence-corrected chi connectivity index (χ1v) is 14.0. The number of piperidine rings is 1. The Hall–Kier alpha value is -3.23. The molecule has 8 heteroatoms. The smallest absolute Gasteiger partial charge is 0.236 e. The van der Waals surface area contributed by atoms with E-state index in [2.05, 4.69) is 87.1 Å². The topological polar surface area (TPSA) is 84.1 Å². The van der Waals surface area contributed by atoms with E-state index in [0.717, 1.165) is 73.2 Å². The highest BCUT2D eigenvalue weighted by molar-refractivity contribution is 5.98. The molecule has 8 nitrogen and oxygen atoms in total. The van der Waals surface area contributed by atoms with E-state index in [-0.39, 0.29) is 0 Å². The summed E-state index contributed by atoms with van der Waals surface area (Å²) >= 11 is 0. The Labute approximate surface area is 224 Å². The first-order chi connectivity index (χ1) is 18.4. The van der Waals surface area contributed by atoms with E-state index in [1.807, 2.05) is 12.4 Å². The van der Waals surface area contributed by atoms with Gasteiger partial charge >= 0.3 is 0 Å². The molecule has 4 aromatic rings. The van der Waals surface area contributed by atoms with Crippen molar-refractivity contribution in [3.05, 3.63) is 47.8 Å². The highest BCUT2D eigenvalue weighted by atomic mass is 16.2. The van der Waals surface area contributed by atoms with E-state index in [1.165, 1.54) is 16.5 Å². The molecule has 1 amide bonds. The van der Waals surface area contributed by atoms with E-state index in [0.29, 0.717) is 30.3 Å². The van der Waals surface area contributed by atoms with Gasteiger partial charge in [-0.15, -0.1) is 0 Å². The summed E-state index contributed by atoms with van der Waals surface area (Å²) in [7, 11) is 4.27. The molecule has 0 aliphatic carbocycles. The van der Waals surface area contributed by atoms with E-state index in [9.17, 15) is 4.79 Å². The van der Waals surface area contributed by atoms with Gasteiger partial charge in [-0.2, -0.15) is 5.10 Å². The monoisotopic (exact) mass is 513 g/mol. The van der Waals surface area contributed by atoms with E-state index in [4.69, 9.17) is 0 Å². The Kier molecular flexibility index (Phi) is 6.70. The second-order valence-corrected chi connectivity index (χ2v) is 11.7. The minimum Gasteiger partial charge on any atom is -0.354 e. The van der Waals surface area contributed by atoms with Crippen molar-refractivity contribution in [1.29, 1.82) is 0 Å². The van der Waals surface area contributed by atoms with Crippen molar-refractivity contribution in [2.75, 3.05) is 46.8 Å². The van der Waals surface area contributed by atoms with Crippen LogP contribution in [0.5, 0.6) is 0 Å². The number of rotatable bonds is 6. The zero-order valence-corrected chi connectivity index (χ0v) is 23.0. The average molecular weight is 514 g/mol. The molecule has 0 radical (unpaired) electrons. The Morgan fingerprint density at radius 1 is 1.11 bits per heavy atom. The number of hydrogen-bond donors (Lipinski definition) is 2. The van der Waals surface area contributed by atoms with Gasteiger partial charge in [-0.1, -0.05) is 19.9 Å². The quantitative estimate of drug-likeness (QED) is 0.395. The van der Waals surface area contributed by atoms with Crippen LogP contribution in [-0.2, 0) is 4.79 Å². The van der Waals surface area contributed by atoms with Gasteiger partial charge in [0, 0.05) is 60.3 Å². The van der Waals surface area contributed by atoms with Crippen LogP contribution in [0.1, 0.15) is 56.1 Å². The molecule has 0 saturated carbocycles. The normalized spacial score (nSPS) is 19.5. The number of benzene rings is 1. The molecule has 0 spiro atoms. The molecule has 2 aliphatic heterocycles. The molecule has 2 fully saturated rings. The van der Waals surface area contributed by atoms with Crippen LogP contribution in [0.15, 0.2) is 36.7 Å². The van der Waals surface area contributed by atoms with Gasteiger partial charge in [0.15, 0.2) is 5.65 Å². The SMILES string of the molecule is CC(C)c1c(-c2ccnc3[nH]ncc23)[nH]c2ccc(C3CCN(C(=O)CN4CC[C@@H](N(C)C)C4)CC3)cc12. The summed E-state index contributed by atoms with van der Waals surface area (Å²) in [5.41, 5.74) is 6.97. The second kappa shape index (κ2) is 10.2. The summed E-state index contributed by atoms with van der Waals surface area (Å²) in [6.45, 7) is 8.79. The van der Waals surface area contributed by atoms with Crippen LogP contribution in [-0.4, -0.2) is 93.6 Å². The van der Waals surface area contributed by atoms with Crippen LogP contribution in [0, 0.1) is 0 Å². The Bertz CT molecular complexity index is 1440. The molecule has 1 atom stereocenters. The van der Waals surface area contributed by atoms with Gasteiger partial charge in [-0.25, -0.2) is 4.98 Å². The summed E-state index contributed by atoms with van der Waals surface area (Å²) in [6, 6.07) is 9.55. The van der Waals surface area contributed by atoms with Gasteiger partial charge < -0.3 is 14.8 Å². The standard InChI is InChI=1S/C30H39N7O/c1-19(2)28-24-15-21(5-6-26(24)33-29(28)23-7-11-31-30-25(23)16-32-34-30)20-8-13-37(14-9-20)27(38)18-36-12-10-22(17-36)35(3)4/h5-7,11,15-16,19-20,22,33H,8-10,12-14,17-18H2,1-4H3,(H,31,32,34)/t22-/m1/s1. The van der Waals surface area contributed by atoms with Crippen LogP contribution >= 0.6 is 0 Å². The lowest BCUT2D eigenvalue weighted by Crippen LogP contribution is -2.44. The number of pyridine rings is 1. The number of carbonyl (C=O) groups excluding carboxylic acids is 1. The van der Waals surface area contributed by atoms with Gasteiger partial charge in [0.1, 0.15) is 0 Å². The first-order valence-electron chi connectivity index (χ1n) is 14.0. The van der Waals surface area contributed by atoms with Crippen molar-refractivity contribution in [1.82, 2.24) is 34.9 Å². The van der Waals surface area contributed by atoms with Gasteiger partial charge in [-0.3, -0.25) is 14.8 Å². The molecule has 2 N–H and O–H groups in total. The van der Waals surface area contributed by atoms with Gasteiger partial charge in [0.25, 0.3) is 0 Å². The summed E-state index contributed by atoms with van der Waals surface area (Å²) in [5, 5.41) is 9.54.